The zero-order chi connectivity index (χ0) is 15.2. The fourth-order valence-corrected chi connectivity index (χ4v) is 2.40. The second kappa shape index (κ2) is 6.99. The highest BCUT2D eigenvalue weighted by atomic mass is 32.1. The van der Waals surface area contributed by atoms with Crippen molar-refractivity contribution in [1.29, 1.82) is 0 Å². The van der Waals surface area contributed by atoms with Gasteiger partial charge in [-0.1, -0.05) is 18.2 Å². The maximum Gasteiger partial charge on any atom is 0.357 e. The smallest absolute Gasteiger partial charge is 0.357 e. The van der Waals surface area contributed by atoms with Gasteiger partial charge < -0.3 is 9.47 Å². The lowest BCUT2D eigenvalue weighted by atomic mass is 10.2. The topological polar surface area (TPSA) is 65.5 Å². The van der Waals surface area contributed by atoms with E-state index in [2.05, 4.69) is 4.98 Å². The summed E-state index contributed by atoms with van der Waals surface area (Å²) in [4.78, 5) is 27.6. The SMILES string of the molecule is CCOC(=O)c1csc(C(C)OC(=O)c2ccccc2)n1. The largest absolute Gasteiger partial charge is 0.461 e. The molecule has 1 aromatic heterocycles. The van der Waals surface area contributed by atoms with Crippen molar-refractivity contribution < 1.29 is 19.1 Å². The highest BCUT2D eigenvalue weighted by molar-refractivity contribution is 7.09. The van der Waals surface area contributed by atoms with E-state index in [0.29, 0.717) is 17.2 Å². The van der Waals surface area contributed by atoms with E-state index in [9.17, 15) is 9.59 Å². The summed E-state index contributed by atoms with van der Waals surface area (Å²) < 4.78 is 10.2. The summed E-state index contributed by atoms with van der Waals surface area (Å²) >= 11 is 1.26. The summed E-state index contributed by atoms with van der Waals surface area (Å²) in [5.74, 6) is -0.891. The van der Waals surface area contributed by atoms with E-state index in [1.165, 1.54) is 11.3 Å². The van der Waals surface area contributed by atoms with Crippen LogP contribution in [0.5, 0.6) is 0 Å². The molecule has 0 aliphatic carbocycles. The molecule has 0 saturated heterocycles. The second-order valence-electron chi connectivity index (χ2n) is 4.21. The first kappa shape index (κ1) is 15.2. The summed E-state index contributed by atoms with van der Waals surface area (Å²) in [7, 11) is 0. The van der Waals surface area contributed by atoms with Crippen molar-refractivity contribution in [3.63, 3.8) is 0 Å². The minimum atomic E-state index is -0.522. The fraction of sp³-hybridized carbons (Fsp3) is 0.267. The molecule has 0 N–H and O–H groups in total. The van der Waals surface area contributed by atoms with Crippen LogP contribution in [-0.2, 0) is 9.47 Å². The molecule has 1 atom stereocenters. The molecule has 6 heteroatoms. The molecule has 2 aromatic rings. The van der Waals surface area contributed by atoms with Gasteiger partial charge in [0, 0.05) is 5.38 Å². The van der Waals surface area contributed by atoms with E-state index >= 15 is 0 Å². The number of nitrogens with zero attached hydrogens (tertiary/aromatic N) is 1. The summed E-state index contributed by atoms with van der Waals surface area (Å²) in [5.41, 5.74) is 0.714. The molecule has 1 unspecified atom stereocenters. The molecular formula is C15H15NO4S. The van der Waals surface area contributed by atoms with Crippen LogP contribution in [0.1, 0.15) is 45.8 Å². The third-order valence-electron chi connectivity index (χ3n) is 2.65. The normalized spacial score (nSPS) is 11.7. The van der Waals surface area contributed by atoms with E-state index in [1.807, 2.05) is 6.07 Å². The highest BCUT2D eigenvalue weighted by Crippen LogP contribution is 2.22. The molecule has 110 valence electrons. The molecular weight excluding hydrogens is 290 g/mol. The van der Waals surface area contributed by atoms with Gasteiger partial charge in [0.05, 0.1) is 12.2 Å². The van der Waals surface area contributed by atoms with Crippen LogP contribution in [0.15, 0.2) is 35.7 Å². The number of hydrogen-bond acceptors (Lipinski definition) is 6. The minimum absolute atomic E-state index is 0.236. The maximum atomic E-state index is 11.9. The van der Waals surface area contributed by atoms with Crippen LogP contribution < -0.4 is 0 Å². The zero-order valence-corrected chi connectivity index (χ0v) is 12.6. The number of aromatic nitrogens is 1. The van der Waals surface area contributed by atoms with Gasteiger partial charge in [-0.3, -0.25) is 0 Å². The molecule has 0 fully saturated rings. The van der Waals surface area contributed by atoms with Crippen LogP contribution in [0.3, 0.4) is 0 Å². The fourth-order valence-electron chi connectivity index (χ4n) is 1.63. The van der Waals surface area contributed by atoms with Crippen molar-refractivity contribution in [3.8, 4) is 0 Å². The van der Waals surface area contributed by atoms with Gasteiger partial charge in [0.2, 0.25) is 0 Å². The van der Waals surface area contributed by atoms with Crippen LogP contribution in [0.2, 0.25) is 0 Å². The first-order valence-corrected chi connectivity index (χ1v) is 7.38. The van der Waals surface area contributed by atoms with Crippen molar-refractivity contribution in [2.24, 2.45) is 0 Å². The number of ether oxygens (including phenoxy) is 2. The summed E-state index contributed by atoms with van der Waals surface area (Å²) in [5, 5.41) is 2.16. The molecule has 0 aliphatic rings. The standard InChI is InChI=1S/C15H15NO4S/c1-3-19-15(18)12-9-21-13(16-12)10(2)20-14(17)11-7-5-4-6-8-11/h4-10H,3H2,1-2H3. The van der Waals surface area contributed by atoms with Crippen LogP contribution in [0, 0.1) is 0 Å². The monoisotopic (exact) mass is 305 g/mol. The number of carbonyl (C=O) groups excluding carboxylic acids is 2. The number of rotatable bonds is 5. The summed E-state index contributed by atoms with van der Waals surface area (Å²) in [6.07, 6.45) is -0.522. The van der Waals surface area contributed by atoms with Gasteiger partial charge in [-0.15, -0.1) is 11.3 Å². The van der Waals surface area contributed by atoms with Crippen molar-refractivity contribution in [1.82, 2.24) is 4.98 Å². The first-order valence-electron chi connectivity index (χ1n) is 6.50. The molecule has 0 amide bonds. The van der Waals surface area contributed by atoms with Crippen molar-refractivity contribution in [2.45, 2.75) is 20.0 Å². The lowest BCUT2D eigenvalue weighted by molar-refractivity contribution is 0.0337. The number of hydrogen-bond donors (Lipinski definition) is 0. The molecule has 21 heavy (non-hydrogen) atoms. The van der Waals surface area contributed by atoms with Crippen molar-refractivity contribution >= 4 is 23.3 Å². The molecule has 1 aromatic carbocycles. The maximum absolute atomic E-state index is 11.9. The van der Waals surface area contributed by atoms with Gasteiger partial charge in [0.1, 0.15) is 5.01 Å². The zero-order valence-electron chi connectivity index (χ0n) is 11.7. The third kappa shape index (κ3) is 3.88. The Morgan fingerprint density at radius 3 is 2.62 bits per heavy atom. The van der Waals surface area contributed by atoms with E-state index < -0.39 is 18.0 Å². The Kier molecular flexibility index (Phi) is 5.05. The van der Waals surface area contributed by atoms with Gasteiger partial charge in [0.15, 0.2) is 11.8 Å². The first-order chi connectivity index (χ1) is 10.1. The molecule has 0 aliphatic heterocycles. The predicted molar refractivity (Wildman–Crippen MR) is 78.3 cm³/mol. The van der Waals surface area contributed by atoms with Gasteiger partial charge >= 0.3 is 11.9 Å². The molecule has 0 spiro atoms. The Morgan fingerprint density at radius 2 is 1.95 bits per heavy atom. The number of carbonyl (C=O) groups is 2. The third-order valence-corrected chi connectivity index (χ3v) is 3.65. The van der Waals surface area contributed by atoms with Gasteiger partial charge in [-0.25, -0.2) is 14.6 Å². The van der Waals surface area contributed by atoms with Gasteiger partial charge in [0.25, 0.3) is 0 Å². The quantitative estimate of drug-likeness (QED) is 0.793. The Hall–Kier alpha value is -2.21. The van der Waals surface area contributed by atoms with Crippen LogP contribution >= 0.6 is 11.3 Å². The molecule has 2 rings (SSSR count). The Bertz CT molecular complexity index is 624. The van der Waals surface area contributed by atoms with Crippen LogP contribution in [0.4, 0.5) is 0 Å². The molecule has 0 radical (unpaired) electrons. The average Bonchev–Trinajstić information content (AvgIpc) is 2.98. The van der Waals surface area contributed by atoms with Crippen LogP contribution in [-0.4, -0.2) is 23.5 Å². The van der Waals surface area contributed by atoms with Gasteiger partial charge in [-0.2, -0.15) is 0 Å². The van der Waals surface area contributed by atoms with E-state index in [1.54, 1.807) is 43.5 Å². The number of esters is 2. The lowest BCUT2D eigenvalue weighted by Gasteiger charge is -2.10. The van der Waals surface area contributed by atoms with Gasteiger partial charge in [-0.05, 0) is 26.0 Å². The van der Waals surface area contributed by atoms with E-state index in [-0.39, 0.29) is 5.69 Å². The van der Waals surface area contributed by atoms with Crippen LogP contribution in [0.25, 0.3) is 0 Å². The molecule has 5 nitrogen and oxygen atoms in total. The number of benzene rings is 1. The van der Waals surface area contributed by atoms with E-state index in [4.69, 9.17) is 9.47 Å². The molecule has 1 heterocycles. The molecule has 0 bridgehead atoms. The lowest BCUT2D eigenvalue weighted by Crippen LogP contribution is -2.10. The van der Waals surface area contributed by atoms with Crippen molar-refractivity contribution in [3.05, 3.63) is 52.0 Å². The van der Waals surface area contributed by atoms with Crippen molar-refractivity contribution in [2.75, 3.05) is 6.61 Å². The molecule has 0 saturated carbocycles. The minimum Gasteiger partial charge on any atom is -0.461 e. The second-order valence-corrected chi connectivity index (χ2v) is 5.09. The number of thiazole rings is 1. The Balaban J connectivity index is 2.02. The highest BCUT2D eigenvalue weighted by Gasteiger charge is 2.19. The Labute approximate surface area is 126 Å². The average molecular weight is 305 g/mol. The Morgan fingerprint density at radius 1 is 1.24 bits per heavy atom. The van der Waals surface area contributed by atoms with E-state index in [0.717, 1.165) is 0 Å². The summed E-state index contributed by atoms with van der Waals surface area (Å²) in [6.45, 7) is 3.74. The predicted octanol–water partition coefficient (Wildman–Crippen LogP) is 3.24. The summed E-state index contributed by atoms with van der Waals surface area (Å²) in [6, 6.07) is 8.72.